The number of nitrogens with one attached hydrogen (secondary N) is 1. The number of hydrogen-bond donors (Lipinski definition) is 2. The third-order valence-electron chi connectivity index (χ3n) is 6.40. The van der Waals surface area contributed by atoms with Crippen LogP contribution in [0.25, 0.3) is 10.9 Å². The minimum atomic E-state index is -0.383. The van der Waals surface area contributed by atoms with Gasteiger partial charge < -0.3 is 15.2 Å². The number of halogens is 1. The summed E-state index contributed by atoms with van der Waals surface area (Å²) in [7, 11) is 1.89. The number of aliphatic hydroxyl groups is 1. The Morgan fingerprint density at radius 3 is 2.68 bits per heavy atom. The molecule has 2 atom stereocenters. The molecule has 0 aliphatic carbocycles. The molecule has 0 spiro atoms. The number of ether oxygens (including phenoxy) is 1. The molecular weight excluding hydrogens is 416 g/mol. The summed E-state index contributed by atoms with van der Waals surface area (Å²) in [4.78, 5) is 11.5. The van der Waals surface area contributed by atoms with Crippen LogP contribution in [-0.2, 0) is 11.8 Å². The van der Waals surface area contributed by atoms with E-state index in [0.29, 0.717) is 25.1 Å². The first kappa shape index (κ1) is 20.6. The molecule has 2 saturated heterocycles. The monoisotopic (exact) mass is 442 g/mol. The minimum Gasteiger partial charge on any atom is -0.389 e. The van der Waals surface area contributed by atoms with E-state index in [1.165, 1.54) is 0 Å². The van der Waals surface area contributed by atoms with E-state index in [0.717, 1.165) is 58.9 Å². The number of anilines is 2. The Bertz CT molecular complexity index is 1100. The van der Waals surface area contributed by atoms with Gasteiger partial charge in [0.2, 0.25) is 5.95 Å². The Balaban J connectivity index is 1.35. The zero-order chi connectivity index (χ0) is 21.5. The molecule has 1 aromatic carbocycles. The van der Waals surface area contributed by atoms with Crippen molar-refractivity contribution in [2.24, 2.45) is 7.05 Å². The van der Waals surface area contributed by atoms with Crippen molar-refractivity contribution >= 4 is 34.3 Å². The zero-order valence-electron chi connectivity index (χ0n) is 17.8. The molecule has 0 bridgehead atoms. The number of hydrogen-bond acceptors (Lipinski definition) is 7. The molecule has 2 N–H and O–H groups in total. The van der Waals surface area contributed by atoms with Gasteiger partial charge in [0.05, 0.1) is 36.6 Å². The van der Waals surface area contributed by atoms with Gasteiger partial charge >= 0.3 is 0 Å². The second kappa shape index (κ2) is 8.35. The standard InChI is InChI=1S/C22H27ClN6O2/c1-13-7-21(28(2)27-13)26-22-24-10-15-8-17(23)16(9-18(15)25-22)14-3-5-29(6-4-14)19-11-31-12-20(19)30/h7-10,14,19-20,30H,3-6,11-12H2,1-2H3,(H,24,25,26). The summed E-state index contributed by atoms with van der Waals surface area (Å²) in [6.45, 7) is 4.87. The van der Waals surface area contributed by atoms with Crippen molar-refractivity contribution in [3.63, 3.8) is 0 Å². The van der Waals surface area contributed by atoms with Gasteiger partial charge in [-0.05, 0) is 56.5 Å². The average molecular weight is 443 g/mol. The van der Waals surface area contributed by atoms with E-state index in [4.69, 9.17) is 21.3 Å². The fraction of sp³-hybridized carbons (Fsp3) is 0.500. The van der Waals surface area contributed by atoms with Crippen LogP contribution in [0, 0.1) is 6.92 Å². The molecule has 2 fully saturated rings. The summed E-state index contributed by atoms with van der Waals surface area (Å²) in [6.07, 6.45) is 3.41. The Morgan fingerprint density at radius 2 is 2.00 bits per heavy atom. The molecule has 0 amide bonds. The number of aromatic nitrogens is 4. The molecule has 2 aromatic heterocycles. The average Bonchev–Trinajstić information content (AvgIpc) is 3.32. The summed E-state index contributed by atoms with van der Waals surface area (Å²) in [5, 5.41) is 19.4. The van der Waals surface area contributed by atoms with Crippen LogP contribution in [0.3, 0.4) is 0 Å². The number of rotatable bonds is 4. The maximum Gasteiger partial charge on any atom is 0.228 e. The van der Waals surface area contributed by atoms with Crippen molar-refractivity contribution in [3.8, 4) is 0 Å². The van der Waals surface area contributed by atoms with Crippen LogP contribution in [0.15, 0.2) is 24.4 Å². The van der Waals surface area contributed by atoms with Crippen molar-refractivity contribution in [2.45, 2.75) is 37.8 Å². The lowest BCUT2D eigenvalue weighted by molar-refractivity contribution is 0.0663. The molecule has 2 aliphatic heterocycles. The predicted octanol–water partition coefficient (Wildman–Crippen LogP) is 3.01. The van der Waals surface area contributed by atoms with Crippen molar-refractivity contribution in [1.82, 2.24) is 24.6 Å². The van der Waals surface area contributed by atoms with Crippen molar-refractivity contribution in [1.29, 1.82) is 0 Å². The molecule has 4 heterocycles. The van der Waals surface area contributed by atoms with Crippen molar-refractivity contribution in [3.05, 3.63) is 40.7 Å². The molecule has 2 unspecified atom stereocenters. The van der Waals surface area contributed by atoms with E-state index in [9.17, 15) is 5.11 Å². The maximum absolute atomic E-state index is 10.1. The van der Waals surface area contributed by atoms with Gasteiger partial charge in [-0.3, -0.25) is 9.58 Å². The first-order valence-electron chi connectivity index (χ1n) is 10.7. The summed E-state index contributed by atoms with van der Waals surface area (Å²) in [5.41, 5.74) is 2.94. The van der Waals surface area contributed by atoms with E-state index in [1.54, 1.807) is 10.9 Å². The minimum absolute atomic E-state index is 0.116. The molecular formula is C22H27ClN6O2. The number of nitrogens with zero attached hydrogens (tertiary/aromatic N) is 5. The van der Waals surface area contributed by atoms with Crippen LogP contribution in [0.2, 0.25) is 5.02 Å². The third-order valence-corrected chi connectivity index (χ3v) is 6.73. The Morgan fingerprint density at radius 1 is 1.19 bits per heavy atom. The Kier molecular flexibility index (Phi) is 5.56. The molecule has 0 saturated carbocycles. The van der Waals surface area contributed by atoms with Gasteiger partial charge in [0, 0.05) is 29.7 Å². The highest BCUT2D eigenvalue weighted by Crippen LogP contribution is 2.36. The number of likely N-dealkylation sites (tertiary alicyclic amines) is 1. The summed E-state index contributed by atoms with van der Waals surface area (Å²) >= 11 is 6.66. The third kappa shape index (κ3) is 4.13. The summed E-state index contributed by atoms with van der Waals surface area (Å²) in [5.74, 6) is 1.75. The van der Waals surface area contributed by atoms with Crippen molar-refractivity contribution in [2.75, 3.05) is 31.6 Å². The highest BCUT2D eigenvalue weighted by atomic mass is 35.5. The van der Waals surface area contributed by atoms with Gasteiger partial charge in [-0.15, -0.1) is 0 Å². The van der Waals surface area contributed by atoms with Crippen LogP contribution < -0.4 is 5.32 Å². The lowest BCUT2D eigenvalue weighted by atomic mass is 9.88. The predicted molar refractivity (Wildman–Crippen MR) is 120 cm³/mol. The topological polar surface area (TPSA) is 88.3 Å². The second-order valence-electron chi connectivity index (χ2n) is 8.53. The lowest BCUT2D eigenvalue weighted by Gasteiger charge is -2.36. The number of fused-ring (bicyclic) bond motifs is 1. The quantitative estimate of drug-likeness (QED) is 0.642. The highest BCUT2D eigenvalue weighted by molar-refractivity contribution is 6.32. The zero-order valence-corrected chi connectivity index (χ0v) is 18.5. The summed E-state index contributed by atoms with van der Waals surface area (Å²) in [6, 6.07) is 6.14. The Hall–Kier alpha value is -2.26. The number of aliphatic hydroxyl groups excluding tert-OH is 1. The van der Waals surface area contributed by atoms with Gasteiger partial charge in [0.25, 0.3) is 0 Å². The molecule has 5 rings (SSSR count). The number of piperidine rings is 1. The highest BCUT2D eigenvalue weighted by Gasteiger charge is 2.34. The molecule has 9 heteroatoms. The maximum atomic E-state index is 10.1. The Labute approximate surface area is 186 Å². The first-order chi connectivity index (χ1) is 15.0. The number of benzene rings is 1. The van der Waals surface area contributed by atoms with Gasteiger partial charge in [-0.1, -0.05) is 11.6 Å². The lowest BCUT2D eigenvalue weighted by Crippen LogP contribution is -2.46. The van der Waals surface area contributed by atoms with Crippen LogP contribution in [0.4, 0.5) is 11.8 Å². The molecule has 8 nitrogen and oxygen atoms in total. The van der Waals surface area contributed by atoms with Crippen molar-refractivity contribution < 1.29 is 9.84 Å². The van der Waals surface area contributed by atoms with Crippen LogP contribution in [0.1, 0.15) is 30.0 Å². The fourth-order valence-corrected chi connectivity index (χ4v) is 5.03. The van der Waals surface area contributed by atoms with E-state index in [1.807, 2.05) is 26.1 Å². The van der Waals surface area contributed by atoms with Crippen LogP contribution in [0.5, 0.6) is 0 Å². The van der Waals surface area contributed by atoms with Gasteiger partial charge in [0.15, 0.2) is 0 Å². The van der Waals surface area contributed by atoms with Gasteiger partial charge in [0.1, 0.15) is 5.82 Å². The van der Waals surface area contributed by atoms with Crippen LogP contribution >= 0.6 is 11.6 Å². The molecule has 164 valence electrons. The molecule has 31 heavy (non-hydrogen) atoms. The van der Waals surface area contributed by atoms with E-state index >= 15 is 0 Å². The molecule has 3 aromatic rings. The summed E-state index contributed by atoms with van der Waals surface area (Å²) < 4.78 is 7.20. The molecule has 0 radical (unpaired) electrons. The first-order valence-corrected chi connectivity index (χ1v) is 11.1. The van der Waals surface area contributed by atoms with Gasteiger partial charge in [-0.25, -0.2) is 9.97 Å². The largest absolute Gasteiger partial charge is 0.389 e. The van der Waals surface area contributed by atoms with Gasteiger partial charge in [-0.2, -0.15) is 5.10 Å². The normalized spacial score (nSPS) is 23.0. The smallest absolute Gasteiger partial charge is 0.228 e. The van der Waals surface area contributed by atoms with E-state index in [-0.39, 0.29) is 12.1 Å². The fourth-order valence-electron chi connectivity index (χ4n) is 4.71. The second-order valence-corrected chi connectivity index (χ2v) is 8.94. The van der Waals surface area contributed by atoms with E-state index < -0.39 is 0 Å². The van der Waals surface area contributed by atoms with E-state index in [2.05, 4.69) is 26.4 Å². The van der Waals surface area contributed by atoms with Crippen LogP contribution in [-0.4, -0.2) is 68.2 Å². The SMILES string of the molecule is Cc1cc(Nc2ncc3cc(Cl)c(C4CCN(C5COCC5O)CC4)cc3n2)n(C)n1. The number of aryl methyl sites for hydroxylation is 2. The molecule has 2 aliphatic rings.